The molecule has 5 heteroatoms. The number of benzene rings is 1. The van der Waals surface area contributed by atoms with Crippen LogP contribution in [0.5, 0.6) is 0 Å². The van der Waals surface area contributed by atoms with Crippen LogP contribution in [0.4, 0.5) is 5.69 Å². The molecule has 1 amide bonds. The number of nitrogens with zero attached hydrogens (tertiary/aromatic N) is 2. The molecule has 4 nitrogen and oxygen atoms in total. The fraction of sp³-hybridized carbons (Fsp3) is 0.500. The number of aryl methyl sites for hydroxylation is 2. The highest BCUT2D eigenvalue weighted by Gasteiger charge is 2.19. The van der Waals surface area contributed by atoms with Crippen molar-refractivity contribution in [3.8, 4) is 0 Å². The minimum absolute atomic E-state index is 0.144. The van der Waals surface area contributed by atoms with E-state index in [1.165, 1.54) is 41.0 Å². The second kappa shape index (κ2) is 8.44. The number of carbonyl (C=O) groups excluding carboxylic acids is 1. The lowest BCUT2D eigenvalue weighted by atomic mass is 10.1. The van der Waals surface area contributed by atoms with Crippen LogP contribution in [-0.2, 0) is 24.1 Å². The maximum absolute atomic E-state index is 12.9. The fourth-order valence-corrected chi connectivity index (χ4v) is 5.19. The molecule has 0 radical (unpaired) electrons. The van der Waals surface area contributed by atoms with Crippen LogP contribution >= 0.6 is 11.3 Å². The summed E-state index contributed by atoms with van der Waals surface area (Å²) < 4.78 is 5.42. The first-order valence-electron chi connectivity index (χ1n) is 9.99. The molecule has 1 fully saturated rings. The van der Waals surface area contributed by atoms with Crippen molar-refractivity contribution < 1.29 is 9.53 Å². The Balaban J connectivity index is 1.39. The number of hydrogen-bond acceptors (Lipinski definition) is 4. The van der Waals surface area contributed by atoms with Crippen molar-refractivity contribution in [2.45, 2.75) is 38.6 Å². The molecule has 2 heterocycles. The Hall–Kier alpha value is -1.85. The topological polar surface area (TPSA) is 32.8 Å². The van der Waals surface area contributed by atoms with Gasteiger partial charge >= 0.3 is 0 Å². The molecule has 27 heavy (non-hydrogen) atoms. The molecule has 0 N–H and O–H groups in total. The Labute approximate surface area is 165 Å². The minimum Gasteiger partial charge on any atom is -0.378 e. The lowest BCUT2D eigenvalue weighted by Gasteiger charge is -2.29. The third-order valence-corrected chi connectivity index (χ3v) is 6.76. The molecule has 1 aliphatic heterocycles. The predicted octanol–water partition coefficient (Wildman–Crippen LogP) is 4.13. The van der Waals surface area contributed by atoms with Gasteiger partial charge in [0, 0.05) is 37.2 Å². The molecule has 4 rings (SSSR count). The number of carbonyl (C=O) groups is 1. The molecular weight excluding hydrogens is 356 g/mol. The van der Waals surface area contributed by atoms with Crippen LogP contribution in [0.25, 0.3) is 0 Å². The van der Waals surface area contributed by atoms with Gasteiger partial charge in [0.05, 0.1) is 18.1 Å². The van der Waals surface area contributed by atoms with Crippen LogP contribution in [0, 0.1) is 0 Å². The summed E-state index contributed by atoms with van der Waals surface area (Å²) in [5.41, 5.74) is 3.81. The fourth-order valence-electron chi connectivity index (χ4n) is 3.94. The quantitative estimate of drug-likeness (QED) is 0.743. The molecule has 0 saturated carbocycles. The maximum Gasteiger partial charge on any atom is 0.263 e. The van der Waals surface area contributed by atoms with E-state index >= 15 is 0 Å². The lowest BCUT2D eigenvalue weighted by Crippen LogP contribution is -2.36. The lowest BCUT2D eigenvalue weighted by molar-refractivity contribution is 0.0790. The summed E-state index contributed by atoms with van der Waals surface area (Å²) in [4.78, 5) is 19.4. The van der Waals surface area contributed by atoms with E-state index in [0.717, 1.165) is 44.0 Å². The van der Waals surface area contributed by atoms with Crippen LogP contribution in [0.3, 0.4) is 0 Å². The van der Waals surface area contributed by atoms with Crippen molar-refractivity contribution in [2.75, 3.05) is 38.3 Å². The highest BCUT2D eigenvalue weighted by Crippen LogP contribution is 2.30. The molecule has 144 valence electrons. The van der Waals surface area contributed by atoms with Crippen molar-refractivity contribution in [3.05, 3.63) is 51.2 Å². The van der Waals surface area contributed by atoms with Crippen molar-refractivity contribution >= 4 is 22.9 Å². The Morgan fingerprint density at radius 3 is 2.63 bits per heavy atom. The number of amides is 1. The second-order valence-corrected chi connectivity index (χ2v) is 8.68. The first kappa shape index (κ1) is 18.5. The molecular formula is C22H28N2O2S. The Morgan fingerprint density at radius 1 is 1.11 bits per heavy atom. The number of rotatable bonds is 4. The van der Waals surface area contributed by atoms with Gasteiger partial charge in [-0.2, -0.15) is 0 Å². The van der Waals surface area contributed by atoms with E-state index in [1.807, 2.05) is 11.9 Å². The normalized spacial score (nSPS) is 17.3. The van der Waals surface area contributed by atoms with E-state index < -0.39 is 0 Å². The summed E-state index contributed by atoms with van der Waals surface area (Å²) in [5, 5.41) is 0. The van der Waals surface area contributed by atoms with Gasteiger partial charge in [-0.25, -0.2) is 0 Å². The van der Waals surface area contributed by atoms with Crippen molar-refractivity contribution in [3.63, 3.8) is 0 Å². The van der Waals surface area contributed by atoms with Crippen LogP contribution in [0.15, 0.2) is 30.3 Å². The summed E-state index contributed by atoms with van der Waals surface area (Å²) in [6.07, 6.45) is 6.09. The van der Waals surface area contributed by atoms with E-state index in [1.54, 1.807) is 11.3 Å². The first-order valence-corrected chi connectivity index (χ1v) is 10.8. The van der Waals surface area contributed by atoms with Gasteiger partial charge in [0.1, 0.15) is 0 Å². The molecule has 0 spiro atoms. The number of thiophene rings is 1. The molecule has 1 aromatic carbocycles. The van der Waals surface area contributed by atoms with E-state index in [9.17, 15) is 4.79 Å². The molecule has 2 aliphatic rings. The Kier molecular flexibility index (Phi) is 5.79. The summed E-state index contributed by atoms with van der Waals surface area (Å²) in [5.74, 6) is 0.144. The molecule has 0 bridgehead atoms. The van der Waals surface area contributed by atoms with E-state index in [2.05, 4.69) is 35.2 Å². The monoisotopic (exact) mass is 384 g/mol. The van der Waals surface area contributed by atoms with Gasteiger partial charge in [-0.05, 0) is 55.0 Å². The molecule has 0 unspecified atom stereocenters. The Bertz CT molecular complexity index is 755. The second-order valence-electron chi connectivity index (χ2n) is 7.55. The van der Waals surface area contributed by atoms with Crippen molar-refractivity contribution in [1.82, 2.24) is 4.90 Å². The number of ether oxygens (including phenoxy) is 1. The minimum atomic E-state index is 0.144. The standard InChI is InChI=1S/C22H28N2O2S/c1-23(22(25)21-15-18-5-3-2-4-6-20(18)27-21)16-17-7-9-19(10-8-17)24-11-13-26-14-12-24/h7-10,15H,2-6,11-14,16H2,1H3. The largest absolute Gasteiger partial charge is 0.378 e. The maximum atomic E-state index is 12.9. The van der Waals surface area contributed by atoms with Gasteiger partial charge in [0.2, 0.25) is 0 Å². The highest BCUT2D eigenvalue weighted by molar-refractivity contribution is 7.14. The molecule has 1 saturated heterocycles. The van der Waals surface area contributed by atoms with Crippen molar-refractivity contribution in [2.24, 2.45) is 0 Å². The summed E-state index contributed by atoms with van der Waals surface area (Å²) in [7, 11) is 1.91. The zero-order valence-electron chi connectivity index (χ0n) is 16.1. The smallest absolute Gasteiger partial charge is 0.263 e. The van der Waals surface area contributed by atoms with Crippen LogP contribution in [0.2, 0.25) is 0 Å². The van der Waals surface area contributed by atoms with Gasteiger partial charge in [-0.3, -0.25) is 4.79 Å². The van der Waals surface area contributed by atoms with Crippen LogP contribution in [-0.4, -0.2) is 44.2 Å². The number of morpholine rings is 1. The summed E-state index contributed by atoms with van der Waals surface area (Å²) in [6, 6.07) is 10.7. The summed E-state index contributed by atoms with van der Waals surface area (Å²) >= 11 is 1.71. The SMILES string of the molecule is CN(Cc1ccc(N2CCOCC2)cc1)C(=O)c1cc2c(s1)CCCCC2. The zero-order valence-corrected chi connectivity index (χ0v) is 16.9. The zero-order chi connectivity index (χ0) is 18.6. The molecule has 1 aromatic heterocycles. The molecule has 1 aliphatic carbocycles. The molecule has 0 atom stereocenters. The number of hydrogen-bond donors (Lipinski definition) is 0. The van der Waals surface area contributed by atoms with Gasteiger partial charge in [-0.15, -0.1) is 11.3 Å². The van der Waals surface area contributed by atoms with Crippen molar-refractivity contribution in [1.29, 1.82) is 0 Å². The average molecular weight is 385 g/mol. The third-order valence-electron chi connectivity index (χ3n) is 5.54. The third kappa shape index (κ3) is 4.36. The number of anilines is 1. The van der Waals surface area contributed by atoms with E-state index in [-0.39, 0.29) is 5.91 Å². The van der Waals surface area contributed by atoms with E-state index in [4.69, 9.17) is 4.74 Å². The first-order chi connectivity index (χ1) is 13.2. The van der Waals surface area contributed by atoms with Gasteiger partial charge in [-0.1, -0.05) is 18.6 Å². The van der Waals surface area contributed by atoms with E-state index in [0.29, 0.717) is 6.54 Å². The Morgan fingerprint density at radius 2 is 1.85 bits per heavy atom. The highest BCUT2D eigenvalue weighted by atomic mass is 32.1. The van der Waals surface area contributed by atoms with Gasteiger partial charge < -0.3 is 14.5 Å². The summed E-state index contributed by atoms with van der Waals surface area (Å²) in [6.45, 7) is 4.12. The molecule has 2 aromatic rings. The number of fused-ring (bicyclic) bond motifs is 1. The predicted molar refractivity (Wildman–Crippen MR) is 111 cm³/mol. The average Bonchev–Trinajstić information content (AvgIpc) is 2.99. The van der Waals surface area contributed by atoms with Crippen LogP contribution < -0.4 is 4.90 Å². The van der Waals surface area contributed by atoms with Crippen LogP contribution in [0.1, 0.15) is 44.9 Å². The van der Waals surface area contributed by atoms with Gasteiger partial charge in [0.25, 0.3) is 5.91 Å². The van der Waals surface area contributed by atoms with Gasteiger partial charge in [0.15, 0.2) is 0 Å².